The van der Waals surface area contributed by atoms with Gasteiger partial charge in [-0.1, -0.05) is 6.07 Å². The predicted octanol–water partition coefficient (Wildman–Crippen LogP) is 0.859. The van der Waals surface area contributed by atoms with Gasteiger partial charge in [0, 0.05) is 19.5 Å². The van der Waals surface area contributed by atoms with E-state index in [9.17, 15) is 9.18 Å². The van der Waals surface area contributed by atoms with Gasteiger partial charge in [-0.15, -0.1) is 10.2 Å². The van der Waals surface area contributed by atoms with Crippen LogP contribution in [0.3, 0.4) is 0 Å². The molecule has 4 heterocycles. The van der Waals surface area contributed by atoms with Crippen molar-refractivity contribution in [2.75, 3.05) is 24.8 Å². The Labute approximate surface area is 201 Å². The normalized spacial score (nSPS) is 23.8. The molecule has 4 N–H and O–H groups in total. The third-order valence-electron chi connectivity index (χ3n) is 6.29. The number of benzene rings is 1. The number of hydrazine groups is 1. The van der Waals surface area contributed by atoms with Crippen LogP contribution in [-0.2, 0) is 11.8 Å². The smallest absolute Gasteiger partial charge is 0.244 e. The van der Waals surface area contributed by atoms with Gasteiger partial charge in [0.1, 0.15) is 11.6 Å². The number of nitrogens with one attached hydrogen (secondary N) is 4. The number of nitrogens with zero attached hydrogens (tertiary/aromatic N) is 6. The first-order chi connectivity index (χ1) is 16.8. The lowest BCUT2D eigenvalue weighted by Crippen LogP contribution is -2.60. The molecule has 4 atom stereocenters. The third kappa shape index (κ3) is 4.35. The first-order valence-electron chi connectivity index (χ1n) is 11.2. The minimum atomic E-state index is -0.371. The van der Waals surface area contributed by atoms with E-state index < -0.39 is 0 Å². The van der Waals surface area contributed by atoms with Gasteiger partial charge in [-0.3, -0.25) is 15.1 Å². The molecule has 2 aliphatic rings. The van der Waals surface area contributed by atoms with Crippen LogP contribution in [0.1, 0.15) is 12.0 Å². The average molecular weight is 483 g/mol. The second-order valence-corrected chi connectivity index (χ2v) is 8.69. The highest BCUT2D eigenvalue weighted by atomic mass is 19.1. The van der Waals surface area contributed by atoms with E-state index in [-0.39, 0.29) is 36.0 Å². The Bertz CT molecular complexity index is 1250. The van der Waals surface area contributed by atoms with Crippen molar-refractivity contribution in [1.29, 1.82) is 0 Å². The number of methoxy groups -OCH3 is 1. The summed E-state index contributed by atoms with van der Waals surface area (Å²) >= 11 is 0. The molecule has 2 saturated heterocycles. The summed E-state index contributed by atoms with van der Waals surface area (Å²) < 4.78 is 19.4. The fourth-order valence-electron chi connectivity index (χ4n) is 4.63. The van der Waals surface area contributed by atoms with Crippen LogP contribution in [0, 0.1) is 18.7 Å². The summed E-state index contributed by atoms with van der Waals surface area (Å²) in [6.45, 7) is 1.69. The summed E-state index contributed by atoms with van der Waals surface area (Å²) in [6.07, 6.45) is 1.18. The van der Waals surface area contributed by atoms with Crippen molar-refractivity contribution >= 4 is 17.4 Å². The molecule has 0 bridgehead atoms. The molecule has 0 spiro atoms. The second kappa shape index (κ2) is 9.07. The van der Waals surface area contributed by atoms with Crippen molar-refractivity contribution in [3.05, 3.63) is 41.8 Å². The molecular weight excluding hydrogens is 455 g/mol. The standard InChI is InChI=1S/C22H27FN10O2/c1-11-8-16(24-10-13(11)23)26-17-9-15(18-21(27-17)29-32(2)22(18)34)25-14-7-5-6-12(19(14)35-4)20-28-31-33(3)30-20/h5-8,10,15,17-18,21,25,27,29H,9H2,1-4H3,(H,24,26). The molecule has 1 aromatic carbocycles. The average Bonchev–Trinajstić information content (AvgIpc) is 3.38. The molecular formula is C22H27FN10O2. The molecule has 4 unspecified atom stereocenters. The van der Waals surface area contributed by atoms with Gasteiger partial charge in [0.2, 0.25) is 11.7 Å². The van der Waals surface area contributed by atoms with E-state index in [4.69, 9.17) is 4.74 Å². The van der Waals surface area contributed by atoms with E-state index in [1.165, 1.54) is 16.0 Å². The van der Waals surface area contributed by atoms with Gasteiger partial charge in [0.25, 0.3) is 0 Å². The maximum Gasteiger partial charge on any atom is 0.244 e. The molecule has 184 valence electrons. The molecule has 2 fully saturated rings. The van der Waals surface area contributed by atoms with Crippen LogP contribution in [0.4, 0.5) is 15.9 Å². The quantitative estimate of drug-likeness (QED) is 0.401. The number of carbonyl (C=O) groups is 1. The van der Waals surface area contributed by atoms with Crippen molar-refractivity contribution in [2.45, 2.75) is 31.7 Å². The summed E-state index contributed by atoms with van der Waals surface area (Å²) in [6, 6.07) is 7.01. The summed E-state index contributed by atoms with van der Waals surface area (Å²) in [4.78, 5) is 18.5. The molecule has 2 aliphatic heterocycles. The highest BCUT2D eigenvalue weighted by Gasteiger charge is 2.48. The summed E-state index contributed by atoms with van der Waals surface area (Å²) in [5, 5.41) is 24.1. The van der Waals surface area contributed by atoms with Gasteiger partial charge < -0.3 is 15.4 Å². The zero-order valence-electron chi connectivity index (χ0n) is 19.8. The number of aromatic nitrogens is 5. The van der Waals surface area contributed by atoms with Crippen molar-refractivity contribution in [3.63, 3.8) is 0 Å². The zero-order chi connectivity index (χ0) is 24.7. The van der Waals surface area contributed by atoms with E-state index in [1.54, 1.807) is 34.2 Å². The number of ether oxygens (including phenoxy) is 1. The molecule has 13 heteroatoms. The van der Waals surface area contributed by atoms with Crippen LogP contribution < -0.4 is 26.1 Å². The van der Waals surface area contributed by atoms with Crippen molar-refractivity contribution in [3.8, 4) is 17.1 Å². The molecule has 5 rings (SSSR count). The lowest BCUT2D eigenvalue weighted by atomic mass is 9.88. The number of piperidine rings is 1. The number of rotatable bonds is 6. The van der Waals surface area contributed by atoms with Gasteiger partial charge in [-0.2, -0.15) is 4.80 Å². The van der Waals surface area contributed by atoms with Crippen LogP contribution >= 0.6 is 0 Å². The number of hydrogen-bond donors (Lipinski definition) is 4. The molecule has 12 nitrogen and oxygen atoms in total. The van der Waals surface area contributed by atoms with E-state index in [0.717, 1.165) is 0 Å². The molecule has 1 amide bonds. The Kier molecular flexibility index (Phi) is 5.94. The second-order valence-electron chi connectivity index (χ2n) is 8.69. The Hall–Kier alpha value is -3.84. The molecule has 0 aliphatic carbocycles. The number of hydrogen-bond acceptors (Lipinski definition) is 10. The van der Waals surface area contributed by atoms with E-state index in [0.29, 0.717) is 40.6 Å². The molecule has 35 heavy (non-hydrogen) atoms. The Morgan fingerprint density at radius 2 is 2.09 bits per heavy atom. The van der Waals surface area contributed by atoms with Gasteiger partial charge >= 0.3 is 0 Å². The van der Waals surface area contributed by atoms with Crippen LogP contribution in [-0.4, -0.2) is 68.6 Å². The maximum atomic E-state index is 13.7. The summed E-state index contributed by atoms with van der Waals surface area (Å²) in [7, 11) is 4.97. The zero-order valence-corrected chi connectivity index (χ0v) is 19.8. The van der Waals surface area contributed by atoms with E-state index in [1.807, 2.05) is 18.2 Å². The minimum Gasteiger partial charge on any atom is -0.494 e. The van der Waals surface area contributed by atoms with Crippen molar-refractivity contribution in [2.24, 2.45) is 13.0 Å². The molecule has 0 saturated carbocycles. The maximum absolute atomic E-state index is 13.7. The molecule has 2 aromatic heterocycles. The fraction of sp³-hybridized carbons (Fsp3) is 0.409. The summed E-state index contributed by atoms with van der Waals surface area (Å²) in [5.74, 6) is 0.781. The highest BCUT2D eigenvalue weighted by Crippen LogP contribution is 2.37. The van der Waals surface area contributed by atoms with Crippen LogP contribution in [0.2, 0.25) is 0 Å². The number of aryl methyl sites for hydroxylation is 2. The predicted molar refractivity (Wildman–Crippen MR) is 125 cm³/mol. The molecule has 3 aromatic rings. The van der Waals surface area contributed by atoms with Gasteiger partial charge in [-0.25, -0.2) is 14.8 Å². The summed E-state index contributed by atoms with van der Waals surface area (Å²) in [5.41, 5.74) is 5.07. The van der Waals surface area contributed by atoms with Crippen molar-refractivity contribution < 1.29 is 13.9 Å². The number of halogens is 1. The van der Waals surface area contributed by atoms with Gasteiger partial charge in [0.05, 0.1) is 49.9 Å². The first kappa shape index (κ1) is 22.9. The monoisotopic (exact) mass is 482 g/mol. The van der Waals surface area contributed by atoms with E-state index >= 15 is 0 Å². The SMILES string of the molecule is COc1c(NC2CC(Nc3cc(C)c(F)cn3)NC3NN(C)C(=O)C23)cccc1-c1nnn(C)n1. The number of pyridine rings is 1. The number of fused-ring (bicyclic) bond motifs is 1. The highest BCUT2D eigenvalue weighted by molar-refractivity contribution is 5.83. The lowest BCUT2D eigenvalue weighted by Gasteiger charge is -2.39. The molecule has 0 radical (unpaired) electrons. The number of tetrazole rings is 1. The third-order valence-corrected chi connectivity index (χ3v) is 6.29. The number of amides is 1. The first-order valence-corrected chi connectivity index (χ1v) is 11.2. The Balaban J connectivity index is 1.44. The van der Waals surface area contributed by atoms with Gasteiger partial charge in [0.15, 0.2) is 5.75 Å². The van der Waals surface area contributed by atoms with Crippen LogP contribution in [0.15, 0.2) is 30.5 Å². The van der Waals surface area contributed by atoms with Gasteiger partial charge in [-0.05, 0) is 35.9 Å². The number of carbonyl (C=O) groups excluding carboxylic acids is 1. The Morgan fingerprint density at radius 1 is 1.26 bits per heavy atom. The number of para-hydroxylation sites is 1. The lowest BCUT2D eigenvalue weighted by molar-refractivity contribution is -0.131. The number of anilines is 2. The Morgan fingerprint density at radius 3 is 2.80 bits per heavy atom. The largest absolute Gasteiger partial charge is 0.494 e. The topological polar surface area (TPSA) is 134 Å². The minimum absolute atomic E-state index is 0.0279. The van der Waals surface area contributed by atoms with Crippen LogP contribution in [0.25, 0.3) is 11.4 Å². The van der Waals surface area contributed by atoms with E-state index in [2.05, 4.69) is 41.8 Å². The van der Waals surface area contributed by atoms with Crippen LogP contribution in [0.5, 0.6) is 5.75 Å². The van der Waals surface area contributed by atoms with Crippen molar-refractivity contribution in [1.82, 2.24) is 40.9 Å². The fourth-order valence-corrected chi connectivity index (χ4v) is 4.63.